The molecule has 2 aromatic heterocycles. The highest BCUT2D eigenvalue weighted by molar-refractivity contribution is 7.09. The van der Waals surface area contributed by atoms with Crippen LogP contribution >= 0.6 is 11.3 Å². The van der Waals surface area contributed by atoms with Crippen molar-refractivity contribution in [3.63, 3.8) is 0 Å². The lowest BCUT2D eigenvalue weighted by Gasteiger charge is -2.03. The Kier molecular flexibility index (Phi) is 3.84. The molecule has 0 fully saturated rings. The van der Waals surface area contributed by atoms with Gasteiger partial charge in [-0.15, -0.1) is 11.3 Å². The van der Waals surface area contributed by atoms with Gasteiger partial charge in [0.25, 0.3) is 0 Å². The molecule has 2 rings (SSSR count). The molecule has 2 heterocycles. The zero-order chi connectivity index (χ0) is 14.0. The summed E-state index contributed by atoms with van der Waals surface area (Å²) in [6, 6.07) is 0. The van der Waals surface area contributed by atoms with Gasteiger partial charge in [-0.25, -0.2) is 9.78 Å². The first-order valence-electron chi connectivity index (χ1n) is 5.92. The number of anilines is 1. The van der Waals surface area contributed by atoms with E-state index in [1.54, 1.807) is 7.05 Å². The summed E-state index contributed by atoms with van der Waals surface area (Å²) in [4.78, 5) is 16.2. The Labute approximate surface area is 115 Å². The number of nitrogens with two attached hydrogens (primary N) is 1. The molecule has 0 saturated carbocycles. The van der Waals surface area contributed by atoms with E-state index in [2.05, 4.69) is 10.1 Å². The number of thiazole rings is 1. The Balaban J connectivity index is 2.10. The smallest absolute Gasteiger partial charge is 0.359 e. The van der Waals surface area contributed by atoms with Gasteiger partial charge < -0.3 is 10.5 Å². The molecule has 0 unspecified atom stereocenters. The van der Waals surface area contributed by atoms with Crippen LogP contribution in [-0.2, 0) is 24.8 Å². The lowest BCUT2D eigenvalue weighted by molar-refractivity contribution is 0.0460. The molecule has 0 saturated heterocycles. The summed E-state index contributed by atoms with van der Waals surface area (Å²) >= 11 is 1.46. The molecule has 0 bridgehead atoms. The normalized spacial score (nSPS) is 10.7. The molecule has 2 aromatic rings. The second kappa shape index (κ2) is 5.40. The minimum atomic E-state index is -0.472. The van der Waals surface area contributed by atoms with Crippen LogP contribution in [-0.4, -0.2) is 20.7 Å². The van der Waals surface area contributed by atoms with E-state index in [0.29, 0.717) is 23.5 Å². The molecule has 0 aliphatic heterocycles. The van der Waals surface area contributed by atoms with Crippen LogP contribution in [0, 0.1) is 6.92 Å². The summed E-state index contributed by atoms with van der Waals surface area (Å²) in [5.41, 5.74) is 8.21. The van der Waals surface area contributed by atoms with Crippen molar-refractivity contribution < 1.29 is 9.53 Å². The van der Waals surface area contributed by atoms with Gasteiger partial charge in [0.1, 0.15) is 11.6 Å². The second-order valence-electron chi connectivity index (χ2n) is 4.14. The van der Waals surface area contributed by atoms with E-state index in [0.717, 1.165) is 10.7 Å². The molecule has 0 amide bonds. The van der Waals surface area contributed by atoms with Crippen molar-refractivity contribution in [2.45, 2.75) is 26.9 Å². The highest BCUT2D eigenvalue weighted by Crippen LogP contribution is 2.19. The Hall–Kier alpha value is -1.89. The predicted molar refractivity (Wildman–Crippen MR) is 73.0 cm³/mol. The van der Waals surface area contributed by atoms with Gasteiger partial charge in [0.15, 0.2) is 5.69 Å². The minimum absolute atomic E-state index is 0.156. The SMILES string of the molecule is CCc1nn(C)c(C(=O)OCc2nc(C)cs2)c1N. The average Bonchev–Trinajstić information content (AvgIpc) is 2.90. The maximum atomic E-state index is 12.0. The highest BCUT2D eigenvalue weighted by atomic mass is 32.1. The predicted octanol–water partition coefficient (Wildman–Crippen LogP) is 1.69. The number of nitrogen functional groups attached to an aromatic ring is 1. The maximum absolute atomic E-state index is 12.0. The number of aryl methyl sites for hydroxylation is 3. The van der Waals surface area contributed by atoms with Crippen molar-refractivity contribution in [1.29, 1.82) is 0 Å². The van der Waals surface area contributed by atoms with Crippen LogP contribution in [0.1, 0.15) is 33.8 Å². The third kappa shape index (κ3) is 2.76. The van der Waals surface area contributed by atoms with Gasteiger partial charge in [0.05, 0.1) is 11.4 Å². The fraction of sp³-hybridized carbons (Fsp3) is 0.417. The molecule has 0 aliphatic rings. The van der Waals surface area contributed by atoms with Crippen LogP contribution in [0.5, 0.6) is 0 Å². The number of carbonyl (C=O) groups is 1. The number of aromatic nitrogens is 3. The first kappa shape index (κ1) is 13.5. The fourth-order valence-electron chi connectivity index (χ4n) is 1.76. The molecule has 102 valence electrons. The Morgan fingerprint density at radius 1 is 1.58 bits per heavy atom. The Morgan fingerprint density at radius 2 is 2.32 bits per heavy atom. The van der Waals surface area contributed by atoms with Gasteiger partial charge in [0.2, 0.25) is 0 Å². The average molecular weight is 280 g/mol. The summed E-state index contributed by atoms with van der Waals surface area (Å²) in [7, 11) is 1.68. The molecule has 6 nitrogen and oxygen atoms in total. The summed E-state index contributed by atoms with van der Waals surface area (Å²) in [6.45, 7) is 3.99. The van der Waals surface area contributed by atoms with Gasteiger partial charge in [0, 0.05) is 18.1 Å². The molecular weight excluding hydrogens is 264 g/mol. The van der Waals surface area contributed by atoms with Crippen LogP contribution < -0.4 is 5.73 Å². The minimum Gasteiger partial charge on any atom is -0.454 e. The first-order valence-corrected chi connectivity index (χ1v) is 6.80. The molecule has 0 radical (unpaired) electrons. The lowest BCUT2D eigenvalue weighted by Crippen LogP contribution is -2.12. The van der Waals surface area contributed by atoms with E-state index in [9.17, 15) is 4.79 Å². The van der Waals surface area contributed by atoms with Crippen molar-refractivity contribution in [2.24, 2.45) is 7.05 Å². The largest absolute Gasteiger partial charge is 0.454 e. The Bertz CT molecular complexity index is 603. The van der Waals surface area contributed by atoms with Crippen LogP contribution in [0.4, 0.5) is 5.69 Å². The van der Waals surface area contributed by atoms with Gasteiger partial charge in [-0.3, -0.25) is 4.68 Å². The van der Waals surface area contributed by atoms with E-state index < -0.39 is 5.97 Å². The van der Waals surface area contributed by atoms with E-state index in [4.69, 9.17) is 10.5 Å². The molecule has 2 N–H and O–H groups in total. The van der Waals surface area contributed by atoms with Crippen LogP contribution in [0.2, 0.25) is 0 Å². The summed E-state index contributed by atoms with van der Waals surface area (Å²) in [5.74, 6) is -0.472. The molecule has 0 aliphatic carbocycles. The summed E-state index contributed by atoms with van der Waals surface area (Å²) in [6.07, 6.45) is 0.679. The number of esters is 1. The van der Waals surface area contributed by atoms with Gasteiger partial charge >= 0.3 is 5.97 Å². The summed E-state index contributed by atoms with van der Waals surface area (Å²) in [5, 5.41) is 6.87. The third-order valence-corrected chi connectivity index (χ3v) is 3.62. The van der Waals surface area contributed by atoms with E-state index in [1.165, 1.54) is 16.0 Å². The fourth-order valence-corrected chi connectivity index (χ4v) is 2.45. The number of hydrogen-bond acceptors (Lipinski definition) is 6. The maximum Gasteiger partial charge on any atom is 0.359 e. The molecule has 7 heteroatoms. The quantitative estimate of drug-likeness (QED) is 0.862. The topological polar surface area (TPSA) is 83.0 Å². The molecule has 19 heavy (non-hydrogen) atoms. The lowest BCUT2D eigenvalue weighted by atomic mass is 10.2. The molecule has 0 aromatic carbocycles. The first-order chi connectivity index (χ1) is 9.02. The van der Waals surface area contributed by atoms with Crippen molar-refractivity contribution in [3.05, 3.63) is 27.5 Å². The number of carbonyl (C=O) groups excluding carboxylic acids is 1. The number of ether oxygens (including phenoxy) is 1. The van der Waals surface area contributed by atoms with Gasteiger partial charge in [-0.05, 0) is 13.3 Å². The molecule has 0 atom stereocenters. The standard InChI is InChI=1S/C12H16N4O2S/c1-4-8-10(13)11(16(3)15-8)12(17)18-5-9-14-7(2)6-19-9/h6H,4-5,13H2,1-3H3. The monoisotopic (exact) mass is 280 g/mol. The second-order valence-corrected chi connectivity index (χ2v) is 5.09. The van der Waals surface area contributed by atoms with Gasteiger partial charge in [-0.1, -0.05) is 6.92 Å². The zero-order valence-electron chi connectivity index (χ0n) is 11.1. The Morgan fingerprint density at radius 3 is 2.84 bits per heavy atom. The third-order valence-electron chi connectivity index (χ3n) is 2.68. The zero-order valence-corrected chi connectivity index (χ0v) is 12.0. The van der Waals surface area contributed by atoms with Crippen molar-refractivity contribution in [1.82, 2.24) is 14.8 Å². The van der Waals surface area contributed by atoms with E-state index in [1.807, 2.05) is 19.2 Å². The van der Waals surface area contributed by atoms with Crippen LogP contribution in [0.15, 0.2) is 5.38 Å². The van der Waals surface area contributed by atoms with Crippen molar-refractivity contribution in [2.75, 3.05) is 5.73 Å². The van der Waals surface area contributed by atoms with E-state index in [-0.39, 0.29) is 6.61 Å². The van der Waals surface area contributed by atoms with Crippen LogP contribution in [0.25, 0.3) is 0 Å². The van der Waals surface area contributed by atoms with Crippen molar-refractivity contribution in [3.8, 4) is 0 Å². The summed E-state index contributed by atoms with van der Waals surface area (Å²) < 4.78 is 6.68. The van der Waals surface area contributed by atoms with Crippen LogP contribution in [0.3, 0.4) is 0 Å². The van der Waals surface area contributed by atoms with E-state index >= 15 is 0 Å². The molecular formula is C12H16N4O2S. The van der Waals surface area contributed by atoms with Gasteiger partial charge in [-0.2, -0.15) is 5.10 Å². The number of nitrogens with zero attached hydrogens (tertiary/aromatic N) is 3. The van der Waals surface area contributed by atoms with Crippen molar-refractivity contribution >= 4 is 23.0 Å². The highest BCUT2D eigenvalue weighted by Gasteiger charge is 2.20. The number of hydrogen-bond donors (Lipinski definition) is 1. The molecule has 0 spiro atoms. The number of rotatable bonds is 4.